The molecule has 12 heavy (non-hydrogen) atoms. The van der Waals surface area contributed by atoms with Gasteiger partial charge in [0.05, 0.1) is 0 Å². The minimum Gasteiger partial charge on any atom is -0.480 e. The lowest BCUT2D eigenvalue weighted by Crippen LogP contribution is -2.35. The Morgan fingerprint density at radius 1 is 1.67 bits per heavy atom. The summed E-state index contributed by atoms with van der Waals surface area (Å²) in [4.78, 5) is 10.7. The second-order valence-corrected chi connectivity index (χ2v) is 3.25. The van der Waals surface area contributed by atoms with Crippen LogP contribution in [0.2, 0.25) is 0 Å². The van der Waals surface area contributed by atoms with Crippen LogP contribution in [-0.2, 0) is 4.79 Å². The smallest absolute Gasteiger partial charge is 0.320 e. The van der Waals surface area contributed by atoms with E-state index in [0.717, 1.165) is 25.8 Å². The van der Waals surface area contributed by atoms with E-state index >= 15 is 0 Å². The molecule has 0 aromatic rings. The summed E-state index contributed by atoms with van der Waals surface area (Å²) in [6, 6.07) is -0.337. The van der Waals surface area contributed by atoms with Crippen LogP contribution in [0.1, 0.15) is 19.3 Å². The zero-order chi connectivity index (χ0) is 8.97. The van der Waals surface area contributed by atoms with E-state index in [2.05, 4.69) is 5.32 Å². The van der Waals surface area contributed by atoms with Gasteiger partial charge in [0.1, 0.15) is 6.04 Å². The van der Waals surface area contributed by atoms with Gasteiger partial charge in [0, 0.05) is 0 Å². The largest absolute Gasteiger partial charge is 0.480 e. The molecule has 0 aromatic carbocycles. The molecular weight excluding hydrogens is 156 g/mol. The molecule has 1 heterocycles. The van der Waals surface area contributed by atoms with E-state index in [4.69, 9.17) is 10.8 Å². The van der Waals surface area contributed by atoms with Gasteiger partial charge in [-0.05, 0) is 38.3 Å². The second-order valence-electron chi connectivity index (χ2n) is 3.25. The Morgan fingerprint density at radius 2 is 2.42 bits per heavy atom. The monoisotopic (exact) mass is 172 g/mol. The van der Waals surface area contributed by atoms with E-state index in [0.29, 0.717) is 6.54 Å². The highest BCUT2D eigenvalue weighted by Crippen LogP contribution is 2.20. The Balaban J connectivity index is 2.35. The molecule has 0 amide bonds. The van der Waals surface area contributed by atoms with E-state index in [-0.39, 0.29) is 12.0 Å². The van der Waals surface area contributed by atoms with E-state index in [1.165, 1.54) is 0 Å². The average Bonchev–Trinajstić information content (AvgIpc) is 2.48. The Kier molecular flexibility index (Phi) is 3.49. The van der Waals surface area contributed by atoms with Crippen molar-refractivity contribution in [2.75, 3.05) is 13.1 Å². The summed E-state index contributed by atoms with van der Waals surface area (Å²) < 4.78 is 0. The Morgan fingerprint density at radius 3 is 3.00 bits per heavy atom. The van der Waals surface area contributed by atoms with Crippen LogP contribution in [0.3, 0.4) is 0 Å². The molecule has 1 aliphatic heterocycles. The number of hydrogen-bond acceptors (Lipinski definition) is 3. The molecule has 0 saturated carbocycles. The highest BCUT2D eigenvalue weighted by atomic mass is 16.4. The number of nitrogens with two attached hydrogens (primary N) is 1. The van der Waals surface area contributed by atoms with Crippen LogP contribution in [0.15, 0.2) is 0 Å². The van der Waals surface area contributed by atoms with Crippen molar-refractivity contribution in [2.24, 2.45) is 11.7 Å². The van der Waals surface area contributed by atoms with Gasteiger partial charge < -0.3 is 16.2 Å². The quantitative estimate of drug-likeness (QED) is 0.548. The van der Waals surface area contributed by atoms with Gasteiger partial charge in [0.15, 0.2) is 0 Å². The lowest BCUT2D eigenvalue weighted by molar-refractivity contribution is -0.140. The number of carbonyl (C=O) groups is 1. The molecule has 4 heteroatoms. The Hall–Kier alpha value is -0.610. The first kappa shape index (κ1) is 9.48. The molecule has 4 nitrogen and oxygen atoms in total. The summed E-state index contributed by atoms with van der Waals surface area (Å²) in [6.07, 6.45) is 2.83. The lowest BCUT2D eigenvalue weighted by atomic mass is 9.95. The molecule has 70 valence electrons. The summed E-state index contributed by atoms with van der Waals surface area (Å²) in [5.74, 6) is -0.444. The number of aliphatic carboxylic acids is 1. The van der Waals surface area contributed by atoms with Crippen LogP contribution in [0.4, 0.5) is 0 Å². The van der Waals surface area contributed by atoms with Gasteiger partial charge in [-0.15, -0.1) is 0 Å². The third-order valence-electron chi connectivity index (χ3n) is 2.40. The average molecular weight is 172 g/mol. The molecule has 2 unspecified atom stereocenters. The predicted molar refractivity (Wildman–Crippen MR) is 45.8 cm³/mol. The summed E-state index contributed by atoms with van der Waals surface area (Å²) in [5.41, 5.74) is 5.36. The van der Waals surface area contributed by atoms with Crippen molar-refractivity contribution >= 4 is 5.97 Å². The van der Waals surface area contributed by atoms with Crippen molar-refractivity contribution in [3.8, 4) is 0 Å². The van der Waals surface area contributed by atoms with Crippen molar-refractivity contribution in [3.05, 3.63) is 0 Å². The fourth-order valence-corrected chi connectivity index (χ4v) is 1.74. The molecule has 0 aromatic heterocycles. The fraction of sp³-hybridized carbons (Fsp3) is 0.875. The third-order valence-corrected chi connectivity index (χ3v) is 2.40. The van der Waals surface area contributed by atoms with Crippen molar-refractivity contribution in [1.29, 1.82) is 0 Å². The maximum Gasteiger partial charge on any atom is 0.320 e. The van der Waals surface area contributed by atoms with Gasteiger partial charge >= 0.3 is 5.97 Å². The van der Waals surface area contributed by atoms with E-state index in [1.54, 1.807) is 0 Å². The first-order valence-corrected chi connectivity index (χ1v) is 4.42. The van der Waals surface area contributed by atoms with Crippen LogP contribution in [-0.4, -0.2) is 30.2 Å². The minimum absolute atomic E-state index is 0.283. The highest BCUT2D eigenvalue weighted by Gasteiger charge is 2.31. The molecule has 4 N–H and O–H groups in total. The van der Waals surface area contributed by atoms with Gasteiger partial charge in [-0.25, -0.2) is 0 Å². The van der Waals surface area contributed by atoms with Crippen LogP contribution < -0.4 is 11.1 Å². The predicted octanol–water partition coefficient (Wildman–Crippen LogP) is -0.212. The summed E-state index contributed by atoms with van der Waals surface area (Å²) >= 11 is 0. The highest BCUT2D eigenvalue weighted by molar-refractivity contribution is 5.74. The second kappa shape index (κ2) is 4.42. The zero-order valence-corrected chi connectivity index (χ0v) is 7.12. The summed E-state index contributed by atoms with van der Waals surface area (Å²) in [6.45, 7) is 1.48. The van der Waals surface area contributed by atoms with Gasteiger partial charge in [-0.1, -0.05) is 0 Å². The molecule has 0 aliphatic carbocycles. The Labute approximate surface area is 72.1 Å². The SMILES string of the molecule is NCCCC1CCNC1C(=O)O. The zero-order valence-electron chi connectivity index (χ0n) is 7.12. The fourth-order valence-electron chi connectivity index (χ4n) is 1.74. The van der Waals surface area contributed by atoms with Crippen LogP contribution >= 0.6 is 0 Å². The standard InChI is InChI=1S/C8H16N2O2/c9-4-1-2-6-3-5-10-7(6)8(11)12/h6-7,10H,1-5,9H2,(H,11,12). The number of carboxylic acids is 1. The summed E-state index contributed by atoms with van der Waals surface area (Å²) in [5, 5.41) is 11.8. The van der Waals surface area contributed by atoms with Gasteiger partial charge in [0.2, 0.25) is 0 Å². The maximum absolute atomic E-state index is 10.7. The van der Waals surface area contributed by atoms with E-state index < -0.39 is 5.97 Å². The van der Waals surface area contributed by atoms with Crippen LogP contribution in [0.5, 0.6) is 0 Å². The lowest BCUT2D eigenvalue weighted by Gasteiger charge is -2.14. The first-order valence-electron chi connectivity index (χ1n) is 4.42. The number of hydrogen-bond donors (Lipinski definition) is 3. The van der Waals surface area contributed by atoms with Crippen molar-refractivity contribution in [1.82, 2.24) is 5.32 Å². The molecule has 0 radical (unpaired) electrons. The Bertz CT molecular complexity index is 161. The third kappa shape index (κ3) is 2.19. The molecule has 1 aliphatic rings. The van der Waals surface area contributed by atoms with E-state index in [9.17, 15) is 4.79 Å². The summed E-state index contributed by atoms with van der Waals surface area (Å²) in [7, 11) is 0. The molecule has 1 saturated heterocycles. The molecule has 2 atom stereocenters. The number of rotatable bonds is 4. The number of nitrogens with one attached hydrogen (secondary N) is 1. The van der Waals surface area contributed by atoms with Crippen LogP contribution in [0, 0.1) is 5.92 Å². The molecular formula is C8H16N2O2. The molecule has 0 bridgehead atoms. The van der Waals surface area contributed by atoms with Gasteiger partial charge in [0.25, 0.3) is 0 Å². The molecule has 0 spiro atoms. The maximum atomic E-state index is 10.7. The van der Waals surface area contributed by atoms with Gasteiger partial charge in [-0.2, -0.15) is 0 Å². The molecule has 1 rings (SSSR count). The normalized spacial score (nSPS) is 29.1. The molecule has 1 fully saturated rings. The first-order chi connectivity index (χ1) is 5.75. The van der Waals surface area contributed by atoms with Crippen molar-refractivity contribution in [3.63, 3.8) is 0 Å². The number of carboxylic acid groups (broad SMARTS) is 1. The minimum atomic E-state index is -0.727. The van der Waals surface area contributed by atoms with Crippen LogP contribution in [0.25, 0.3) is 0 Å². The van der Waals surface area contributed by atoms with E-state index in [1.807, 2.05) is 0 Å². The van der Waals surface area contributed by atoms with Crippen molar-refractivity contribution < 1.29 is 9.90 Å². The van der Waals surface area contributed by atoms with Gasteiger partial charge in [-0.3, -0.25) is 4.79 Å². The topological polar surface area (TPSA) is 75.3 Å². The van der Waals surface area contributed by atoms with Crippen molar-refractivity contribution in [2.45, 2.75) is 25.3 Å².